The smallest absolute Gasteiger partial charge is 0.187 e. The molecule has 1 aliphatic carbocycles. The van der Waals surface area contributed by atoms with E-state index in [1.807, 2.05) is 0 Å². The van der Waals surface area contributed by atoms with Gasteiger partial charge in [-0.25, -0.2) is 0 Å². The number of ether oxygens (including phenoxy) is 4. The summed E-state index contributed by atoms with van der Waals surface area (Å²) in [5.41, 5.74) is -2.12. The Kier molecular flexibility index (Phi) is 8.88. The second-order valence-corrected chi connectivity index (χ2v) is 8.93. The molecule has 34 heavy (non-hydrogen) atoms. The van der Waals surface area contributed by atoms with Gasteiger partial charge in [0.1, 0.15) is 66.6 Å². The number of nitrogens with one attached hydrogen (secondary N) is 1. The third-order valence-corrected chi connectivity index (χ3v) is 6.89. The standard InChI is InChI=1S/C19H35NO14/c1-5-19(30,4-22)16(34-17-7(20-2)9(24)8(23)6(3-21)32-17)18(31-5)33-15-13(28)11(26)10(25)12(27)14(15)29/h5-18,20-30H,3-4H2,1-2H3/t5-,6-,7+,8+,9-,10?,11-,12+,13-,14+,15?,16+,17+,18-,19+/m0/s1. The Morgan fingerprint density at radius 3 is 1.82 bits per heavy atom. The lowest BCUT2D eigenvalue weighted by Crippen LogP contribution is -2.67. The molecule has 11 N–H and O–H groups in total. The van der Waals surface area contributed by atoms with E-state index in [1.54, 1.807) is 0 Å². The Bertz CT molecular complexity index is 659. The van der Waals surface area contributed by atoms with E-state index in [1.165, 1.54) is 14.0 Å². The Morgan fingerprint density at radius 2 is 1.32 bits per heavy atom. The molecule has 3 fully saturated rings. The molecule has 0 aromatic heterocycles. The van der Waals surface area contributed by atoms with Crippen molar-refractivity contribution in [3.05, 3.63) is 0 Å². The maximum atomic E-state index is 11.1. The molecule has 0 amide bonds. The molecule has 0 spiro atoms. The highest BCUT2D eigenvalue weighted by Crippen LogP contribution is 2.38. The van der Waals surface area contributed by atoms with Crippen LogP contribution < -0.4 is 5.32 Å². The largest absolute Gasteiger partial charge is 0.394 e. The number of likely N-dealkylation sites (N-methyl/N-ethyl adjacent to an activating group) is 1. The molecule has 15 heteroatoms. The third kappa shape index (κ3) is 4.72. The summed E-state index contributed by atoms with van der Waals surface area (Å²) in [6.07, 6.45) is -21.0. The van der Waals surface area contributed by atoms with Gasteiger partial charge in [0.15, 0.2) is 12.6 Å². The number of rotatable bonds is 7. The molecule has 3 aliphatic rings. The van der Waals surface area contributed by atoms with Crippen LogP contribution in [0.4, 0.5) is 0 Å². The van der Waals surface area contributed by atoms with E-state index in [2.05, 4.69) is 5.32 Å². The van der Waals surface area contributed by atoms with Crippen molar-refractivity contribution in [1.82, 2.24) is 5.32 Å². The maximum absolute atomic E-state index is 11.1. The van der Waals surface area contributed by atoms with Crippen molar-refractivity contribution < 1.29 is 70.0 Å². The fraction of sp³-hybridized carbons (Fsp3) is 1.00. The van der Waals surface area contributed by atoms with E-state index in [0.717, 1.165) is 0 Å². The van der Waals surface area contributed by atoms with E-state index in [9.17, 15) is 51.1 Å². The van der Waals surface area contributed by atoms with Crippen LogP contribution in [0.25, 0.3) is 0 Å². The van der Waals surface area contributed by atoms with Crippen LogP contribution in [0.3, 0.4) is 0 Å². The maximum Gasteiger partial charge on any atom is 0.187 e. The summed E-state index contributed by atoms with van der Waals surface area (Å²) in [5.74, 6) is 0. The fourth-order valence-electron chi connectivity index (χ4n) is 4.52. The summed E-state index contributed by atoms with van der Waals surface area (Å²) >= 11 is 0. The molecule has 2 saturated heterocycles. The van der Waals surface area contributed by atoms with Crippen LogP contribution >= 0.6 is 0 Å². The van der Waals surface area contributed by atoms with Crippen LogP contribution in [-0.2, 0) is 18.9 Å². The predicted octanol–water partition coefficient (Wildman–Crippen LogP) is -6.93. The summed E-state index contributed by atoms with van der Waals surface area (Å²) < 4.78 is 22.5. The van der Waals surface area contributed by atoms with Gasteiger partial charge in [0.2, 0.25) is 0 Å². The van der Waals surface area contributed by atoms with Gasteiger partial charge in [0.05, 0.1) is 25.4 Å². The summed E-state index contributed by atoms with van der Waals surface area (Å²) in [7, 11) is 1.43. The molecule has 15 nitrogen and oxygen atoms in total. The first-order valence-corrected chi connectivity index (χ1v) is 10.9. The van der Waals surface area contributed by atoms with Crippen LogP contribution in [0.15, 0.2) is 0 Å². The minimum absolute atomic E-state index is 0.672. The van der Waals surface area contributed by atoms with E-state index >= 15 is 0 Å². The Labute approximate surface area is 194 Å². The lowest BCUT2D eigenvalue weighted by atomic mass is 9.84. The second kappa shape index (κ2) is 10.8. The van der Waals surface area contributed by atoms with E-state index < -0.39 is 105 Å². The number of aliphatic hydroxyl groups excluding tert-OH is 9. The van der Waals surface area contributed by atoms with Gasteiger partial charge in [0, 0.05) is 0 Å². The number of hydrogen-bond acceptors (Lipinski definition) is 15. The molecule has 0 bridgehead atoms. The lowest BCUT2D eigenvalue weighted by Gasteiger charge is -2.45. The van der Waals surface area contributed by atoms with Crippen LogP contribution in [-0.4, -0.2) is 163 Å². The fourth-order valence-corrected chi connectivity index (χ4v) is 4.52. The van der Waals surface area contributed by atoms with Gasteiger partial charge in [-0.2, -0.15) is 0 Å². The van der Waals surface area contributed by atoms with Crippen LogP contribution in [0.1, 0.15) is 6.92 Å². The van der Waals surface area contributed by atoms with E-state index in [-0.39, 0.29) is 0 Å². The van der Waals surface area contributed by atoms with Gasteiger partial charge in [-0.05, 0) is 14.0 Å². The SMILES string of the molecule is CN[C@H]1[C@@H](O[C@@H]2[C@H](OC3[C@@H](O)[C@@H](O)C(O)[C@@H](O)[C@H]3O)O[C@@H](C)[C@]2(O)CO)O[C@@H](CO)[C@@H](O)[C@H]1O. The monoisotopic (exact) mass is 501 g/mol. The van der Waals surface area contributed by atoms with Gasteiger partial charge in [0.25, 0.3) is 0 Å². The average Bonchev–Trinajstić information content (AvgIpc) is 3.06. The molecule has 2 unspecified atom stereocenters. The van der Waals surface area contributed by atoms with Crippen molar-refractivity contribution in [2.75, 3.05) is 20.3 Å². The third-order valence-electron chi connectivity index (χ3n) is 6.89. The molecular weight excluding hydrogens is 466 g/mol. The zero-order valence-corrected chi connectivity index (χ0v) is 18.6. The molecular formula is C19H35NO14. The first kappa shape index (κ1) is 28.0. The van der Waals surface area contributed by atoms with Crippen molar-refractivity contribution in [3.8, 4) is 0 Å². The molecule has 1 saturated carbocycles. The first-order chi connectivity index (χ1) is 15.9. The summed E-state index contributed by atoms with van der Waals surface area (Å²) in [4.78, 5) is 0. The zero-order valence-electron chi connectivity index (χ0n) is 18.6. The summed E-state index contributed by atoms with van der Waals surface area (Å²) in [6, 6.07) is -1.07. The van der Waals surface area contributed by atoms with Crippen molar-refractivity contribution in [2.45, 2.75) is 98.3 Å². The summed E-state index contributed by atoms with van der Waals surface area (Å²) in [5, 5.41) is 104. The van der Waals surface area contributed by atoms with Crippen molar-refractivity contribution in [1.29, 1.82) is 0 Å². The predicted molar refractivity (Wildman–Crippen MR) is 107 cm³/mol. The Hall–Kier alpha value is -0.600. The van der Waals surface area contributed by atoms with Gasteiger partial charge in [-0.1, -0.05) is 0 Å². The van der Waals surface area contributed by atoms with Crippen LogP contribution in [0, 0.1) is 0 Å². The molecule has 2 heterocycles. The molecule has 0 aromatic rings. The Balaban J connectivity index is 1.86. The number of hydrogen-bond donors (Lipinski definition) is 11. The van der Waals surface area contributed by atoms with Crippen molar-refractivity contribution in [2.24, 2.45) is 0 Å². The molecule has 3 rings (SSSR count). The highest BCUT2D eigenvalue weighted by atomic mass is 16.8. The van der Waals surface area contributed by atoms with Gasteiger partial charge >= 0.3 is 0 Å². The second-order valence-electron chi connectivity index (χ2n) is 8.93. The van der Waals surface area contributed by atoms with Crippen LogP contribution in [0.5, 0.6) is 0 Å². The highest BCUT2D eigenvalue weighted by molar-refractivity contribution is 5.04. The van der Waals surface area contributed by atoms with Gasteiger partial charge < -0.3 is 75.3 Å². The van der Waals surface area contributed by atoms with Gasteiger partial charge in [-0.15, -0.1) is 0 Å². The van der Waals surface area contributed by atoms with Crippen molar-refractivity contribution in [3.63, 3.8) is 0 Å². The van der Waals surface area contributed by atoms with E-state index in [4.69, 9.17) is 18.9 Å². The summed E-state index contributed by atoms with van der Waals surface area (Å²) in [6.45, 7) is -0.192. The first-order valence-electron chi connectivity index (χ1n) is 10.9. The average molecular weight is 501 g/mol. The highest BCUT2D eigenvalue weighted by Gasteiger charge is 2.60. The number of aliphatic hydroxyl groups is 10. The topological polar surface area (TPSA) is 251 Å². The molecule has 0 radical (unpaired) electrons. The van der Waals surface area contributed by atoms with Crippen molar-refractivity contribution >= 4 is 0 Å². The molecule has 15 atom stereocenters. The van der Waals surface area contributed by atoms with Crippen LogP contribution in [0.2, 0.25) is 0 Å². The van der Waals surface area contributed by atoms with E-state index in [0.29, 0.717) is 0 Å². The zero-order chi connectivity index (χ0) is 25.5. The normalized spacial score (nSPS) is 54.4. The lowest BCUT2D eigenvalue weighted by molar-refractivity contribution is -0.324. The Morgan fingerprint density at radius 1 is 0.765 bits per heavy atom. The quantitative estimate of drug-likeness (QED) is 0.155. The molecule has 200 valence electrons. The molecule has 0 aromatic carbocycles. The van der Waals surface area contributed by atoms with Gasteiger partial charge in [-0.3, -0.25) is 0 Å². The minimum Gasteiger partial charge on any atom is -0.394 e. The molecule has 2 aliphatic heterocycles. The minimum atomic E-state index is -2.12.